The summed E-state index contributed by atoms with van der Waals surface area (Å²) in [6.07, 6.45) is 0.00366. The van der Waals surface area contributed by atoms with E-state index in [1.165, 1.54) is 7.11 Å². The van der Waals surface area contributed by atoms with E-state index in [1.807, 2.05) is 48.5 Å². The Morgan fingerprint density at radius 3 is 2.35 bits per heavy atom. The molecule has 1 N–H and O–H groups in total. The van der Waals surface area contributed by atoms with Crippen molar-refractivity contribution >= 4 is 52.0 Å². The molecule has 10 heteroatoms. The summed E-state index contributed by atoms with van der Waals surface area (Å²) in [4.78, 5) is 31.9. The number of fused-ring (bicyclic) bond motifs is 1. The first-order valence-corrected chi connectivity index (χ1v) is 13.2. The largest absolute Gasteiger partial charge is 0.467 e. The minimum atomic E-state index is -0.887. The van der Waals surface area contributed by atoms with Gasteiger partial charge in [0.25, 0.3) is 0 Å². The molecule has 0 aliphatic carbocycles. The van der Waals surface area contributed by atoms with Crippen LogP contribution >= 0.6 is 23.2 Å². The van der Waals surface area contributed by atoms with Crippen molar-refractivity contribution in [2.75, 3.05) is 36.9 Å². The summed E-state index contributed by atoms with van der Waals surface area (Å²) in [5, 5.41) is 2.64. The Balaban J connectivity index is 1.95. The highest BCUT2D eigenvalue weighted by Crippen LogP contribution is 2.27. The molecule has 0 saturated heterocycles. The molecule has 0 fully saturated rings. The summed E-state index contributed by atoms with van der Waals surface area (Å²) in [7, 11) is 1.29. The third-order valence-electron chi connectivity index (χ3n) is 5.63. The molecular formula is C27H34Cl2N4O4. The number of imidazole rings is 1. The van der Waals surface area contributed by atoms with Gasteiger partial charge in [0.15, 0.2) is 0 Å². The van der Waals surface area contributed by atoms with Gasteiger partial charge < -0.3 is 19.7 Å². The summed E-state index contributed by atoms with van der Waals surface area (Å²) >= 11 is 12.0. The number of carbonyl (C=O) groups is 2. The number of nitrogens with zero attached hydrogens (tertiary/aromatic N) is 3. The Kier molecular flexibility index (Phi) is 10.1. The minimum absolute atomic E-state index is 0.277. The van der Waals surface area contributed by atoms with E-state index < -0.39 is 23.7 Å². The van der Waals surface area contributed by atoms with Gasteiger partial charge in [-0.1, -0.05) is 18.2 Å². The fourth-order valence-corrected chi connectivity index (χ4v) is 4.44. The number of benzene rings is 2. The van der Waals surface area contributed by atoms with Gasteiger partial charge in [0.05, 0.1) is 18.1 Å². The Morgan fingerprint density at radius 1 is 1.08 bits per heavy atom. The number of esters is 1. The van der Waals surface area contributed by atoms with Crippen LogP contribution in [0.5, 0.6) is 0 Å². The van der Waals surface area contributed by atoms with Crippen LogP contribution in [0.4, 0.5) is 10.5 Å². The predicted octanol–water partition coefficient (Wildman–Crippen LogP) is 5.31. The Hall–Kier alpha value is -2.97. The zero-order valence-electron chi connectivity index (χ0n) is 21.7. The number of alkyl carbamates (subject to hydrolysis) is 1. The van der Waals surface area contributed by atoms with Crippen LogP contribution in [0.3, 0.4) is 0 Å². The van der Waals surface area contributed by atoms with E-state index in [1.54, 1.807) is 20.8 Å². The van der Waals surface area contributed by atoms with Crippen molar-refractivity contribution in [3.8, 4) is 5.69 Å². The van der Waals surface area contributed by atoms with Crippen LogP contribution in [0.2, 0.25) is 0 Å². The van der Waals surface area contributed by atoms with Gasteiger partial charge in [-0.3, -0.25) is 4.57 Å². The van der Waals surface area contributed by atoms with Gasteiger partial charge in [0.2, 0.25) is 0 Å². The highest BCUT2D eigenvalue weighted by Gasteiger charge is 2.26. The second-order valence-corrected chi connectivity index (χ2v) is 10.3. The van der Waals surface area contributed by atoms with Crippen molar-refractivity contribution in [2.45, 2.75) is 45.3 Å². The average molecular weight is 549 g/mol. The monoisotopic (exact) mass is 548 g/mol. The lowest BCUT2D eigenvalue weighted by Gasteiger charge is -2.22. The smallest absolute Gasteiger partial charge is 0.408 e. The third-order valence-corrected chi connectivity index (χ3v) is 5.97. The van der Waals surface area contributed by atoms with Gasteiger partial charge in [-0.25, -0.2) is 14.6 Å². The lowest BCUT2D eigenvalue weighted by molar-refractivity contribution is -0.143. The lowest BCUT2D eigenvalue weighted by atomic mass is 10.1. The molecule has 3 aromatic rings. The maximum Gasteiger partial charge on any atom is 0.408 e. The van der Waals surface area contributed by atoms with Crippen LogP contribution < -0.4 is 10.2 Å². The SMILES string of the molecule is COC(=O)C(CCc1nc2cc(N(CCCl)CCCl)ccc2n1-c1ccccc1)NC(=O)OC(C)(C)C. The molecule has 0 saturated carbocycles. The fraction of sp³-hybridized carbons (Fsp3) is 0.444. The van der Waals surface area contributed by atoms with Crippen molar-refractivity contribution in [3.63, 3.8) is 0 Å². The zero-order valence-corrected chi connectivity index (χ0v) is 23.2. The average Bonchev–Trinajstić information content (AvgIpc) is 3.22. The van der Waals surface area contributed by atoms with E-state index in [-0.39, 0.29) is 6.42 Å². The molecule has 200 valence electrons. The molecule has 8 nitrogen and oxygen atoms in total. The fourth-order valence-electron chi connectivity index (χ4n) is 4.04. The number of halogens is 2. The van der Waals surface area contributed by atoms with Gasteiger partial charge in [-0.15, -0.1) is 23.2 Å². The molecule has 0 spiro atoms. The molecule has 0 aliphatic rings. The molecule has 1 aromatic heterocycles. The third kappa shape index (κ3) is 7.76. The number of methoxy groups -OCH3 is 1. The molecule has 3 rings (SSSR count). The van der Waals surface area contributed by atoms with E-state index in [0.29, 0.717) is 31.3 Å². The molecular weight excluding hydrogens is 515 g/mol. The van der Waals surface area contributed by atoms with E-state index in [0.717, 1.165) is 28.2 Å². The van der Waals surface area contributed by atoms with Crippen LogP contribution in [0.15, 0.2) is 48.5 Å². The molecule has 1 heterocycles. The summed E-state index contributed by atoms with van der Waals surface area (Å²) in [6.45, 7) is 6.62. The number of nitrogens with one attached hydrogen (secondary N) is 1. The minimum Gasteiger partial charge on any atom is -0.467 e. The Morgan fingerprint density at radius 2 is 1.76 bits per heavy atom. The normalized spacial score (nSPS) is 12.3. The quantitative estimate of drug-likeness (QED) is 0.258. The van der Waals surface area contributed by atoms with Gasteiger partial charge in [0, 0.05) is 42.6 Å². The standard InChI is InChI=1S/C27H34Cl2N4O4/c1-27(2,3)37-26(35)31-21(25(34)36-4)11-13-24-30-22-18-20(32(16-14-28)17-15-29)10-12-23(22)33(24)19-8-6-5-7-9-19/h5-10,12,18,21H,11,13-17H2,1-4H3,(H,31,35). The van der Waals surface area contributed by atoms with Gasteiger partial charge in [0.1, 0.15) is 17.5 Å². The number of ether oxygens (including phenoxy) is 2. The van der Waals surface area contributed by atoms with Crippen LogP contribution in [-0.4, -0.2) is 65.2 Å². The van der Waals surface area contributed by atoms with Gasteiger partial charge >= 0.3 is 12.1 Å². The lowest BCUT2D eigenvalue weighted by Crippen LogP contribution is -2.44. The van der Waals surface area contributed by atoms with E-state index in [9.17, 15) is 9.59 Å². The molecule has 1 unspecified atom stereocenters. The number of aryl methyl sites for hydroxylation is 1. The number of anilines is 1. The highest BCUT2D eigenvalue weighted by atomic mass is 35.5. The van der Waals surface area contributed by atoms with Gasteiger partial charge in [-0.2, -0.15) is 0 Å². The molecule has 2 aromatic carbocycles. The van der Waals surface area contributed by atoms with Crippen LogP contribution in [0.1, 0.15) is 33.0 Å². The summed E-state index contributed by atoms with van der Waals surface area (Å²) in [6, 6.07) is 15.1. The van der Waals surface area contributed by atoms with Crippen molar-refractivity contribution < 1.29 is 19.1 Å². The molecule has 1 atom stereocenters. The van der Waals surface area contributed by atoms with Gasteiger partial charge in [-0.05, 0) is 57.5 Å². The second kappa shape index (κ2) is 13.0. The summed E-state index contributed by atoms with van der Waals surface area (Å²) in [5.74, 6) is 1.17. The summed E-state index contributed by atoms with van der Waals surface area (Å²) in [5.41, 5.74) is 2.97. The highest BCUT2D eigenvalue weighted by molar-refractivity contribution is 6.18. The van der Waals surface area contributed by atoms with Crippen LogP contribution in [-0.2, 0) is 20.7 Å². The number of para-hydroxylation sites is 1. The molecule has 1 amide bonds. The Bertz CT molecular complexity index is 1190. The van der Waals surface area contributed by atoms with Crippen LogP contribution in [0, 0.1) is 0 Å². The van der Waals surface area contributed by atoms with Crippen molar-refractivity contribution in [3.05, 3.63) is 54.4 Å². The van der Waals surface area contributed by atoms with E-state index in [4.69, 9.17) is 37.7 Å². The first-order chi connectivity index (χ1) is 17.7. The molecule has 0 radical (unpaired) electrons. The molecule has 0 bridgehead atoms. The second-order valence-electron chi connectivity index (χ2n) is 9.50. The topological polar surface area (TPSA) is 85.7 Å². The number of alkyl halides is 2. The Labute approximate surface area is 227 Å². The van der Waals surface area contributed by atoms with Crippen LogP contribution in [0.25, 0.3) is 16.7 Å². The number of rotatable bonds is 11. The number of amides is 1. The summed E-state index contributed by atoms with van der Waals surface area (Å²) < 4.78 is 12.3. The van der Waals surface area contributed by atoms with Crippen molar-refractivity contribution in [1.82, 2.24) is 14.9 Å². The number of hydrogen-bond acceptors (Lipinski definition) is 6. The first-order valence-electron chi connectivity index (χ1n) is 12.2. The first kappa shape index (κ1) is 28.6. The number of hydrogen-bond donors (Lipinski definition) is 1. The predicted molar refractivity (Wildman–Crippen MR) is 148 cm³/mol. The van der Waals surface area contributed by atoms with E-state index >= 15 is 0 Å². The van der Waals surface area contributed by atoms with E-state index in [2.05, 4.69) is 14.8 Å². The molecule has 0 aliphatic heterocycles. The van der Waals surface area contributed by atoms with Crippen molar-refractivity contribution in [1.29, 1.82) is 0 Å². The zero-order chi connectivity index (χ0) is 27.0. The molecule has 37 heavy (non-hydrogen) atoms. The number of carbonyl (C=O) groups excluding carboxylic acids is 2. The maximum absolute atomic E-state index is 12.5. The number of aromatic nitrogens is 2. The van der Waals surface area contributed by atoms with Crippen molar-refractivity contribution in [2.24, 2.45) is 0 Å². The maximum atomic E-state index is 12.5.